The number of aliphatic hydroxyl groups excluding tert-OH is 1. The van der Waals surface area contributed by atoms with Crippen molar-refractivity contribution in [3.63, 3.8) is 0 Å². The minimum atomic E-state index is -1.55. The lowest BCUT2D eigenvalue weighted by Crippen LogP contribution is -2.59. The highest BCUT2D eigenvalue weighted by molar-refractivity contribution is 5.88. The van der Waals surface area contributed by atoms with E-state index in [0.717, 1.165) is 4.90 Å². The highest BCUT2D eigenvalue weighted by Crippen LogP contribution is 2.30. The Morgan fingerprint density at radius 2 is 2.12 bits per heavy atom. The molecular formula is C9H18N4O4. The lowest BCUT2D eigenvalue weighted by atomic mass is 10.1. The zero-order valence-electron chi connectivity index (χ0n) is 9.46. The van der Waals surface area contributed by atoms with Gasteiger partial charge < -0.3 is 27.0 Å². The maximum atomic E-state index is 11.5. The fourth-order valence-corrected chi connectivity index (χ4v) is 1.86. The van der Waals surface area contributed by atoms with Crippen molar-refractivity contribution in [2.45, 2.75) is 24.7 Å². The number of likely N-dealkylation sites (tertiary alicyclic amines) is 1. The number of carbonyl (C=O) groups is 2. The van der Waals surface area contributed by atoms with Gasteiger partial charge in [0.1, 0.15) is 0 Å². The molecule has 17 heavy (non-hydrogen) atoms. The molecule has 2 unspecified atom stereocenters. The van der Waals surface area contributed by atoms with Gasteiger partial charge in [0, 0.05) is 19.5 Å². The summed E-state index contributed by atoms with van der Waals surface area (Å²) < 4.78 is 5.30. The van der Waals surface area contributed by atoms with Crippen LogP contribution in [0.25, 0.3) is 0 Å². The summed E-state index contributed by atoms with van der Waals surface area (Å²) in [5.74, 6) is -0.793. The van der Waals surface area contributed by atoms with Crippen LogP contribution in [0.3, 0.4) is 0 Å². The average Bonchev–Trinajstić information content (AvgIpc) is 2.70. The van der Waals surface area contributed by atoms with E-state index in [1.165, 1.54) is 0 Å². The van der Waals surface area contributed by atoms with Crippen LogP contribution in [-0.4, -0.2) is 53.5 Å². The van der Waals surface area contributed by atoms with Gasteiger partial charge in [0.05, 0.1) is 12.7 Å². The largest absolute Gasteiger partial charge is 0.389 e. The topological polar surface area (TPSA) is 145 Å². The number of hydrogen-bond donors (Lipinski definition) is 4. The van der Waals surface area contributed by atoms with Gasteiger partial charge in [-0.2, -0.15) is 0 Å². The number of rotatable bonds is 5. The second-order valence-corrected chi connectivity index (χ2v) is 3.94. The molecule has 1 aliphatic rings. The maximum absolute atomic E-state index is 11.5. The fourth-order valence-electron chi connectivity index (χ4n) is 1.86. The minimum absolute atomic E-state index is 0.00852. The summed E-state index contributed by atoms with van der Waals surface area (Å²) in [7, 11) is 0. The van der Waals surface area contributed by atoms with Crippen molar-refractivity contribution in [3.8, 4) is 0 Å². The predicted octanol–water partition coefficient (Wildman–Crippen LogP) is -2.32. The highest BCUT2D eigenvalue weighted by Gasteiger charge is 2.49. The molecule has 2 atom stereocenters. The smallest absolute Gasteiger partial charge is 0.317 e. The van der Waals surface area contributed by atoms with E-state index in [1.54, 1.807) is 0 Å². The molecule has 0 radical (unpaired) electrons. The van der Waals surface area contributed by atoms with Crippen LogP contribution >= 0.6 is 0 Å². The first-order valence-corrected chi connectivity index (χ1v) is 5.33. The minimum Gasteiger partial charge on any atom is -0.389 e. The van der Waals surface area contributed by atoms with Crippen molar-refractivity contribution in [1.82, 2.24) is 4.90 Å². The number of ether oxygens (including phenoxy) is 1. The fraction of sp³-hybridized carbons (Fsp3) is 0.778. The third kappa shape index (κ3) is 2.65. The quantitative estimate of drug-likeness (QED) is 0.430. The zero-order valence-corrected chi connectivity index (χ0v) is 9.46. The monoisotopic (exact) mass is 246 g/mol. The number of nitrogens with zero attached hydrogens (tertiary/aromatic N) is 1. The van der Waals surface area contributed by atoms with Crippen LogP contribution in [0.4, 0.5) is 4.79 Å². The SMILES string of the molecule is NCC(O)COC1(C(N)=O)CCCN1C(N)=O. The first kappa shape index (κ1) is 13.7. The van der Waals surface area contributed by atoms with Crippen molar-refractivity contribution < 1.29 is 19.4 Å². The predicted molar refractivity (Wildman–Crippen MR) is 58.5 cm³/mol. The number of nitrogens with two attached hydrogens (primary N) is 3. The molecule has 3 amide bonds. The molecule has 1 aliphatic heterocycles. The highest BCUT2D eigenvalue weighted by atomic mass is 16.5. The average molecular weight is 246 g/mol. The van der Waals surface area contributed by atoms with Gasteiger partial charge in [-0.15, -0.1) is 0 Å². The molecule has 0 aromatic heterocycles. The summed E-state index contributed by atoms with van der Waals surface area (Å²) >= 11 is 0. The second kappa shape index (κ2) is 5.30. The van der Waals surface area contributed by atoms with Crippen molar-refractivity contribution in [2.24, 2.45) is 17.2 Å². The standard InChI is InChI=1S/C9H18N4O4/c10-4-6(14)5-17-9(7(11)15)2-1-3-13(9)8(12)16/h6,14H,1-5,10H2,(H2,11,15)(H2,12,16). The summed E-state index contributed by atoms with van der Waals surface area (Å²) in [5, 5.41) is 9.30. The van der Waals surface area contributed by atoms with E-state index in [4.69, 9.17) is 21.9 Å². The molecule has 0 spiro atoms. The molecule has 0 aromatic rings. The zero-order chi connectivity index (χ0) is 13.1. The first-order valence-electron chi connectivity index (χ1n) is 5.33. The number of carbonyl (C=O) groups excluding carboxylic acids is 2. The van der Waals surface area contributed by atoms with Gasteiger partial charge in [-0.1, -0.05) is 0 Å². The summed E-state index contributed by atoms with van der Waals surface area (Å²) in [4.78, 5) is 23.8. The van der Waals surface area contributed by atoms with Gasteiger partial charge in [0.25, 0.3) is 5.91 Å². The van der Waals surface area contributed by atoms with Gasteiger partial charge in [0.15, 0.2) is 0 Å². The Morgan fingerprint density at radius 3 is 2.59 bits per heavy atom. The Balaban J connectivity index is 2.82. The van der Waals surface area contributed by atoms with Crippen LogP contribution in [0.1, 0.15) is 12.8 Å². The third-order valence-corrected chi connectivity index (χ3v) is 2.77. The van der Waals surface area contributed by atoms with Crippen LogP contribution in [-0.2, 0) is 9.53 Å². The normalized spacial score (nSPS) is 25.9. The molecule has 98 valence electrons. The van der Waals surface area contributed by atoms with Crippen molar-refractivity contribution >= 4 is 11.9 Å². The molecule has 0 saturated carbocycles. The van der Waals surface area contributed by atoms with E-state index in [9.17, 15) is 14.7 Å². The van der Waals surface area contributed by atoms with E-state index in [2.05, 4.69) is 0 Å². The van der Waals surface area contributed by atoms with Crippen LogP contribution in [0.2, 0.25) is 0 Å². The molecule has 7 N–H and O–H groups in total. The molecule has 8 heteroatoms. The molecule has 1 saturated heterocycles. The molecular weight excluding hydrogens is 228 g/mol. The Hall–Kier alpha value is -1.38. The summed E-state index contributed by atoms with van der Waals surface area (Å²) in [5.41, 5.74) is 14.1. The van der Waals surface area contributed by atoms with E-state index in [1.807, 2.05) is 0 Å². The Bertz CT molecular complexity index is 311. The lowest BCUT2D eigenvalue weighted by Gasteiger charge is -2.34. The van der Waals surface area contributed by atoms with Crippen molar-refractivity contribution in [2.75, 3.05) is 19.7 Å². The van der Waals surface area contributed by atoms with Crippen LogP contribution in [0, 0.1) is 0 Å². The van der Waals surface area contributed by atoms with Gasteiger partial charge in [-0.25, -0.2) is 4.79 Å². The lowest BCUT2D eigenvalue weighted by molar-refractivity contribution is -0.167. The molecule has 1 rings (SSSR count). The summed E-state index contributed by atoms with van der Waals surface area (Å²) in [6.45, 7) is 0.117. The number of aliphatic hydroxyl groups is 1. The van der Waals surface area contributed by atoms with Crippen LogP contribution < -0.4 is 17.2 Å². The molecule has 8 nitrogen and oxygen atoms in total. The van der Waals surface area contributed by atoms with Gasteiger partial charge in [-0.05, 0) is 6.42 Å². The van der Waals surface area contributed by atoms with E-state index in [0.29, 0.717) is 13.0 Å². The van der Waals surface area contributed by atoms with Gasteiger partial charge >= 0.3 is 6.03 Å². The molecule has 0 aliphatic carbocycles. The van der Waals surface area contributed by atoms with Crippen LogP contribution in [0.15, 0.2) is 0 Å². The number of amides is 3. The van der Waals surface area contributed by atoms with Gasteiger partial charge in [-0.3, -0.25) is 9.69 Å². The third-order valence-electron chi connectivity index (χ3n) is 2.77. The van der Waals surface area contributed by atoms with E-state index < -0.39 is 23.8 Å². The molecule has 1 fully saturated rings. The molecule has 0 aromatic carbocycles. The van der Waals surface area contributed by atoms with Crippen molar-refractivity contribution in [1.29, 1.82) is 0 Å². The molecule has 1 heterocycles. The van der Waals surface area contributed by atoms with E-state index in [-0.39, 0.29) is 19.6 Å². The first-order chi connectivity index (χ1) is 7.94. The number of hydrogen-bond acceptors (Lipinski definition) is 5. The second-order valence-electron chi connectivity index (χ2n) is 3.94. The van der Waals surface area contributed by atoms with Crippen molar-refractivity contribution in [3.05, 3.63) is 0 Å². The van der Waals surface area contributed by atoms with Gasteiger partial charge in [0.2, 0.25) is 5.72 Å². The molecule has 0 bridgehead atoms. The number of urea groups is 1. The Morgan fingerprint density at radius 1 is 1.47 bits per heavy atom. The number of primary amides is 2. The van der Waals surface area contributed by atoms with Crippen LogP contribution in [0.5, 0.6) is 0 Å². The van der Waals surface area contributed by atoms with E-state index >= 15 is 0 Å². The maximum Gasteiger partial charge on any atom is 0.317 e. The summed E-state index contributed by atoms with van der Waals surface area (Å²) in [6, 6.07) is -0.775. The Labute approximate surface area is 98.7 Å². The summed E-state index contributed by atoms with van der Waals surface area (Å²) in [6.07, 6.45) is -0.0887. The Kier molecular flexibility index (Phi) is 4.27.